The predicted octanol–water partition coefficient (Wildman–Crippen LogP) is 1.91. The van der Waals surface area contributed by atoms with Crippen LogP contribution in [0.2, 0.25) is 0 Å². The van der Waals surface area contributed by atoms with Crippen molar-refractivity contribution in [2.75, 3.05) is 19.8 Å². The minimum Gasteiger partial charge on any atom is -0.381 e. The molecule has 1 aromatic heterocycles. The number of hydrogen-bond acceptors (Lipinski definition) is 3. The first kappa shape index (κ1) is 11.5. The van der Waals surface area contributed by atoms with Gasteiger partial charge in [-0.3, -0.25) is 4.98 Å². The van der Waals surface area contributed by atoms with Gasteiger partial charge in [0.1, 0.15) is 5.82 Å². The first-order valence-corrected chi connectivity index (χ1v) is 5.73. The summed E-state index contributed by atoms with van der Waals surface area (Å²) in [5, 5.41) is 3.38. The zero-order valence-electron chi connectivity index (χ0n) is 9.45. The lowest BCUT2D eigenvalue weighted by Crippen LogP contribution is -2.28. The highest BCUT2D eigenvalue weighted by molar-refractivity contribution is 5.16. The van der Waals surface area contributed by atoms with Crippen LogP contribution in [0.15, 0.2) is 18.5 Å². The Morgan fingerprint density at radius 1 is 1.62 bits per heavy atom. The fourth-order valence-electron chi connectivity index (χ4n) is 2.19. The summed E-state index contributed by atoms with van der Waals surface area (Å²) in [4.78, 5) is 3.90. The van der Waals surface area contributed by atoms with Crippen LogP contribution in [0, 0.1) is 11.7 Å². The van der Waals surface area contributed by atoms with Crippen molar-refractivity contribution in [1.82, 2.24) is 10.3 Å². The van der Waals surface area contributed by atoms with E-state index in [0.717, 1.165) is 31.7 Å². The summed E-state index contributed by atoms with van der Waals surface area (Å²) >= 11 is 0. The summed E-state index contributed by atoms with van der Waals surface area (Å²) in [6, 6.07) is 1.70. The van der Waals surface area contributed by atoms with Crippen molar-refractivity contribution in [3.8, 4) is 0 Å². The minimum atomic E-state index is -0.278. The first-order chi connectivity index (χ1) is 7.81. The van der Waals surface area contributed by atoms with Crippen LogP contribution in [-0.2, 0) is 4.74 Å². The van der Waals surface area contributed by atoms with Gasteiger partial charge in [0, 0.05) is 24.8 Å². The molecule has 4 heteroatoms. The molecule has 88 valence electrons. The SMILES string of the molecule is CCNC(c1cncc(F)c1)C1CCOC1. The van der Waals surface area contributed by atoms with Gasteiger partial charge in [-0.15, -0.1) is 0 Å². The third-order valence-corrected chi connectivity index (χ3v) is 2.95. The third-order valence-electron chi connectivity index (χ3n) is 2.95. The number of ether oxygens (including phenoxy) is 1. The Morgan fingerprint density at radius 2 is 2.50 bits per heavy atom. The van der Waals surface area contributed by atoms with Crippen molar-refractivity contribution < 1.29 is 9.13 Å². The Kier molecular flexibility index (Phi) is 3.85. The van der Waals surface area contributed by atoms with E-state index >= 15 is 0 Å². The van der Waals surface area contributed by atoms with Crippen LogP contribution in [0.1, 0.15) is 24.9 Å². The second kappa shape index (κ2) is 5.37. The monoisotopic (exact) mass is 224 g/mol. The molecule has 0 aliphatic carbocycles. The molecular weight excluding hydrogens is 207 g/mol. The Balaban J connectivity index is 2.17. The molecule has 0 aromatic carbocycles. The van der Waals surface area contributed by atoms with E-state index in [9.17, 15) is 4.39 Å². The molecule has 1 N–H and O–H groups in total. The van der Waals surface area contributed by atoms with Gasteiger partial charge >= 0.3 is 0 Å². The number of nitrogens with zero attached hydrogens (tertiary/aromatic N) is 1. The van der Waals surface area contributed by atoms with E-state index in [-0.39, 0.29) is 11.9 Å². The quantitative estimate of drug-likeness (QED) is 0.848. The molecule has 3 nitrogen and oxygen atoms in total. The fraction of sp³-hybridized carbons (Fsp3) is 0.583. The summed E-state index contributed by atoms with van der Waals surface area (Å²) in [7, 11) is 0. The highest BCUT2D eigenvalue weighted by Crippen LogP contribution is 2.28. The molecular formula is C12H17FN2O. The Hall–Kier alpha value is -1.00. The molecule has 2 rings (SSSR count). The van der Waals surface area contributed by atoms with Crippen molar-refractivity contribution >= 4 is 0 Å². The molecule has 2 unspecified atom stereocenters. The summed E-state index contributed by atoms with van der Waals surface area (Å²) in [5.74, 6) is 0.142. The van der Waals surface area contributed by atoms with Crippen LogP contribution in [0.4, 0.5) is 4.39 Å². The van der Waals surface area contributed by atoms with Crippen LogP contribution in [-0.4, -0.2) is 24.7 Å². The normalized spacial score (nSPS) is 22.2. The topological polar surface area (TPSA) is 34.2 Å². The van der Waals surface area contributed by atoms with Crippen molar-refractivity contribution in [1.29, 1.82) is 0 Å². The molecule has 1 aliphatic rings. The second-order valence-electron chi connectivity index (χ2n) is 4.10. The highest BCUT2D eigenvalue weighted by atomic mass is 19.1. The number of halogens is 1. The Morgan fingerprint density at radius 3 is 3.12 bits per heavy atom. The van der Waals surface area contributed by atoms with Gasteiger partial charge < -0.3 is 10.1 Å². The van der Waals surface area contributed by atoms with Gasteiger partial charge in [0.15, 0.2) is 0 Å². The number of hydrogen-bond donors (Lipinski definition) is 1. The number of aromatic nitrogens is 1. The van der Waals surface area contributed by atoms with E-state index in [4.69, 9.17) is 4.74 Å². The smallest absolute Gasteiger partial charge is 0.141 e. The predicted molar refractivity (Wildman–Crippen MR) is 59.5 cm³/mol. The molecule has 2 heterocycles. The van der Waals surface area contributed by atoms with Crippen LogP contribution in [0.3, 0.4) is 0 Å². The molecule has 1 fully saturated rings. The summed E-state index contributed by atoms with van der Waals surface area (Å²) in [5.41, 5.74) is 0.914. The summed E-state index contributed by atoms with van der Waals surface area (Å²) in [6.45, 7) is 4.46. The molecule has 0 amide bonds. The van der Waals surface area contributed by atoms with E-state index in [1.165, 1.54) is 6.20 Å². The van der Waals surface area contributed by atoms with Gasteiger partial charge in [0.2, 0.25) is 0 Å². The van der Waals surface area contributed by atoms with E-state index in [1.807, 2.05) is 0 Å². The zero-order valence-corrected chi connectivity index (χ0v) is 9.45. The van der Waals surface area contributed by atoms with E-state index < -0.39 is 0 Å². The zero-order chi connectivity index (χ0) is 11.4. The van der Waals surface area contributed by atoms with Crippen molar-refractivity contribution in [2.45, 2.75) is 19.4 Å². The average molecular weight is 224 g/mol. The van der Waals surface area contributed by atoms with Gasteiger partial charge in [-0.1, -0.05) is 6.92 Å². The third kappa shape index (κ3) is 2.57. The molecule has 1 saturated heterocycles. The lowest BCUT2D eigenvalue weighted by atomic mass is 9.93. The Bertz CT molecular complexity index is 340. The molecule has 1 aromatic rings. The largest absolute Gasteiger partial charge is 0.381 e. The standard InChI is InChI=1S/C12H17FN2O/c1-2-15-12(9-3-4-16-8-9)10-5-11(13)7-14-6-10/h5-7,9,12,15H,2-4,8H2,1H3. The van der Waals surface area contributed by atoms with Crippen molar-refractivity contribution in [3.63, 3.8) is 0 Å². The van der Waals surface area contributed by atoms with E-state index in [1.54, 1.807) is 12.3 Å². The lowest BCUT2D eigenvalue weighted by Gasteiger charge is -2.23. The highest BCUT2D eigenvalue weighted by Gasteiger charge is 2.26. The van der Waals surface area contributed by atoms with Crippen LogP contribution in [0.25, 0.3) is 0 Å². The van der Waals surface area contributed by atoms with Gasteiger partial charge in [-0.25, -0.2) is 4.39 Å². The Labute approximate surface area is 95.0 Å². The summed E-state index contributed by atoms with van der Waals surface area (Å²) in [6.07, 6.45) is 3.99. The maximum atomic E-state index is 13.1. The van der Waals surface area contributed by atoms with E-state index in [2.05, 4.69) is 17.2 Å². The summed E-state index contributed by atoms with van der Waals surface area (Å²) < 4.78 is 18.5. The lowest BCUT2D eigenvalue weighted by molar-refractivity contribution is 0.177. The van der Waals surface area contributed by atoms with Crippen molar-refractivity contribution in [2.24, 2.45) is 5.92 Å². The molecule has 1 aliphatic heterocycles. The minimum absolute atomic E-state index is 0.149. The van der Waals surface area contributed by atoms with Crippen LogP contribution < -0.4 is 5.32 Å². The number of rotatable bonds is 4. The molecule has 0 spiro atoms. The van der Waals surface area contributed by atoms with Gasteiger partial charge in [-0.2, -0.15) is 0 Å². The van der Waals surface area contributed by atoms with Gasteiger partial charge in [-0.05, 0) is 24.6 Å². The maximum Gasteiger partial charge on any atom is 0.141 e. The molecule has 0 bridgehead atoms. The van der Waals surface area contributed by atoms with Crippen LogP contribution >= 0.6 is 0 Å². The maximum absolute atomic E-state index is 13.1. The second-order valence-corrected chi connectivity index (χ2v) is 4.10. The molecule has 0 radical (unpaired) electrons. The average Bonchev–Trinajstić information content (AvgIpc) is 2.79. The number of nitrogens with one attached hydrogen (secondary N) is 1. The van der Waals surface area contributed by atoms with Crippen molar-refractivity contribution in [3.05, 3.63) is 29.8 Å². The molecule has 16 heavy (non-hydrogen) atoms. The number of pyridine rings is 1. The molecule has 0 saturated carbocycles. The van der Waals surface area contributed by atoms with E-state index in [0.29, 0.717) is 5.92 Å². The first-order valence-electron chi connectivity index (χ1n) is 5.73. The van der Waals surface area contributed by atoms with Crippen LogP contribution in [0.5, 0.6) is 0 Å². The fourth-order valence-corrected chi connectivity index (χ4v) is 2.19. The van der Waals surface area contributed by atoms with Gasteiger partial charge in [0.25, 0.3) is 0 Å². The molecule has 2 atom stereocenters. The van der Waals surface area contributed by atoms with Gasteiger partial charge in [0.05, 0.1) is 12.8 Å².